The van der Waals surface area contributed by atoms with E-state index < -0.39 is 11.8 Å². The van der Waals surface area contributed by atoms with Crippen LogP contribution in [-0.4, -0.2) is 37.1 Å². The number of rotatable bonds is 4. The molecule has 0 spiro atoms. The summed E-state index contributed by atoms with van der Waals surface area (Å²) in [6.07, 6.45) is 2.44. The topological polar surface area (TPSA) is 105 Å². The molecule has 9 heteroatoms. The number of Topliss-reactive ketones (excluding diaryl/α,β-unsaturated/α-hetero) is 1. The maximum atomic E-state index is 13.3. The Morgan fingerprint density at radius 1 is 1.00 bits per heavy atom. The number of hydrogen-bond acceptors (Lipinski definition) is 7. The van der Waals surface area contributed by atoms with Gasteiger partial charge in [0.1, 0.15) is 11.6 Å². The third-order valence-electron chi connectivity index (χ3n) is 5.80. The third kappa shape index (κ3) is 3.52. The summed E-state index contributed by atoms with van der Waals surface area (Å²) in [4.78, 5) is 32.0. The zero-order chi connectivity index (χ0) is 22.5. The number of carbonyl (C=O) groups excluding carboxylic acids is 1. The average Bonchev–Trinajstić information content (AvgIpc) is 2.69. The summed E-state index contributed by atoms with van der Waals surface area (Å²) in [6.45, 7) is 4.03. The third-order valence-corrected chi connectivity index (χ3v) is 6.00. The minimum Gasteiger partial charge on any atom is -0.493 e. The zero-order valence-electron chi connectivity index (χ0n) is 18.0. The smallest absolute Gasteiger partial charge is 0.257 e. The minimum atomic E-state index is -0.560. The van der Waals surface area contributed by atoms with Crippen LogP contribution in [0.5, 0.6) is 17.2 Å². The number of fused-ring (bicyclic) bond motifs is 2. The van der Waals surface area contributed by atoms with Gasteiger partial charge in [-0.15, -0.1) is 0 Å². The molecule has 2 heterocycles. The van der Waals surface area contributed by atoms with Crippen molar-refractivity contribution in [2.45, 2.75) is 26.2 Å². The first-order valence-corrected chi connectivity index (χ1v) is 10.3. The lowest BCUT2D eigenvalue weighted by molar-refractivity contribution is -0.124. The summed E-state index contributed by atoms with van der Waals surface area (Å²) in [5, 5.41) is 3.26. The molecule has 2 aliphatic rings. The van der Waals surface area contributed by atoms with Gasteiger partial charge >= 0.3 is 0 Å². The molecule has 8 nitrogen and oxygen atoms in total. The normalized spacial score (nSPS) is 21.3. The summed E-state index contributed by atoms with van der Waals surface area (Å²) in [6, 6.07) is 3.57. The van der Waals surface area contributed by atoms with Crippen LogP contribution in [0.3, 0.4) is 0 Å². The number of H-pyrrole nitrogens is 2. The van der Waals surface area contributed by atoms with Crippen LogP contribution in [0.2, 0.25) is 0 Å². The molecular weight excluding hydrogens is 418 g/mol. The first-order valence-electron chi connectivity index (χ1n) is 9.88. The van der Waals surface area contributed by atoms with Gasteiger partial charge < -0.3 is 24.5 Å². The largest absolute Gasteiger partial charge is 0.493 e. The molecule has 2 aromatic rings. The molecular formula is C22H25N3O5S. The van der Waals surface area contributed by atoms with Crippen molar-refractivity contribution < 1.29 is 19.0 Å². The maximum absolute atomic E-state index is 13.3. The van der Waals surface area contributed by atoms with E-state index in [1.54, 1.807) is 12.1 Å². The molecule has 0 amide bonds. The first kappa shape index (κ1) is 21.2. The number of nitrogens with one attached hydrogen (secondary N) is 3. The molecule has 0 saturated carbocycles. The molecule has 1 aromatic carbocycles. The number of ether oxygens (including phenoxy) is 3. The molecule has 3 N–H and O–H groups in total. The summed E-state index contributed by atoms with van der Waals surface area (Å²) in [5.74, 6) is 0.778. The number of hydrogen-bond donors (Lipinski definition) is 3. The Morgan fingerprint density at radius 3 is 2.23 bits per heavy atom. The van der Waals surface area contributed by atoms with E-state index in [1.807, 2.05) is 13.8 Å². The number of carbonyl (C=O) groups is 1. The van der Waals surface area contributed by atoms with E-state index in [9.17, 15) is 9.59 Å². The molecule has 4 rings (SSSR count). The molecule has 2 atom stereocenters. The van der Waals surface area contributed by atoms with Crippen LogP contribution in [0.15, 0.2) is 28.7 Å². The Hall–Kier alpha value is -3.07. The lowest BCUT2D eigenvalue weighted by Gasteiger charge is -2.40. The van der Waals surface area contributed by atoms with Crippen molar-refractivity contribution in [3.05, 3.63) is 50.2 Å². The van der Waals surface area contributed by atoms with Gasteiger partial charge in [0.2, 0.25) is 5.75 Å². The van der Waals surface area contributed by atoms with Crippen LogP contribution >= 0.6 is 12.2 Å². The van der Waals surface area contributed by atoms with Gasteiger partial charge in [-0.25, -0.2) is 0 Å². The molecule has 31 heavy (non-hydrogen) atoms. The predicted octanol–water partition coefficient (Wildman–Crippen LogP) is 3.51. The Morgan fingerprint density at radius 2 is 1.65 bits per heavy atom. The van der Waals surface area contributed by atoms with Crippen LogP contribution in [0.1, 0.15) is 37.3 Å². The number of benzene rings is 1. The highest BCUT2D eigenvalue weighted by atomic mass is 32.1. The maximum Gasteiger partial charge on any atom is 0.257 e. The van der Waals surface area contributed by atoms with Crippen molar-refractivity contribution in [1.82, 2.24) is 9.97 Å². The van der Waals surface area contributed by atoms with Gasteiger partial charge in [0.15, 0.2) is 16.3 Å². The number of methoxy groups -OCH3 is 3. The van der Waals surface area contributed by atoms with Crippen molar-refractivity contribution in [3.63, 3.8) is 0 Å². The van der Waals surface area contributed by atoms with Gasteiger partial charge in [-0.3, -0.25) is 14.6 Å². The lowest BCUT2D eigenvalue weighted by atomic mass is 9.67. The Balaban J connectivity index is 2.03. The molecule has 0 bridgehead atoms. The number of aromatic nitrogens is 2. The van der Waals surface area contributed by atoms with E-state index in [-0.39, 0.29) is 21.5 Å². The Kier molecular flexibility index (Phi) is 5.17. The molecule has 0 saturated heterocycles. The van der Waals surface area contributed by atoms with Crippen LogP contribution in [0.25, 0.3) is 0 Å². The summed E-state index contributed by atoms with van der Waals surface area (Å²) in [7, 11) is 4.58. The highest BCUT2D eigenvalue weighted by molar-refractivity contribution is 7.71. The summed E-state index contributed by atoms with van der Waals surface area (Å²) in [5.41, 5.74) is 1.23. The monoisotopic (exact) mass is 443 g/mol. The van der Waals surface area contributed by atoms with Gasteiger partial charge in [0.05, 0.1) is 32.8 Å². The van der Waals surface area contributed by atoms with Gasteiger partial charge in [-0.05, 0) is 35.3 Å². The van der Waals surface area contributed by atoms with Crippen molar-refractivity contribution in [2.75, 3.05) is 26.6 Å². The van der Waals surface area contributed by atoms with Gasteiger partial charge in [0, 0.05) is 18.0 Å². The van der Waals surface area contributed by atoms with Gasteiger partial charge in [-0.2, -0.15) is 0 Å². The summed E-state index contributed by atoms with van der Waals surface area (Å²) >= 11 is 5.17. The SMILES string of the molecule is COc1cc([C@@H]2c3c([nH]c(=S)[nH]c3=O)NC3=CC(C)(C)CC(=O)[C@H]32)cc(OC)c1OC. The van der Waals surface area contributed by atoms with Crippen LogP contribution in [0, 0.1) is 16.1 Å². The number of anilines is 1. The van der Waals surface area contributed by atoms with Crippen molar-refractivity contribution in [1.29, 1.82) is 0 Å². The van der Waals surface area contributed by atoms with E-state index in [0.29, 0.717) is 40.6 Å². The van der Waals surface area contributed by atoms with Gasteiger partial charge in [0.25, 0.3) is 5.56 Å². The molecule has 0 unspecified atom stereocenters. The second-order valence-electron chi connectivity index (χ2n) is 8.47. The van der Waals surface area contributed by atoms with Crippen LogP contribution < -0.4 is 25.1 Å². The standard InChI is InChI=1S/C22H25N3O5S/c1-22(2)8-11-16(12(26)9-22)15(17-19(23-11)24-21(31)25-20(17)27)10-6-13(28-3)18(30-5)14(7-10)29-4/h6-8,15-16H,9H2,1-5H3,(H3,23,24,25,27,31)/t15-,16-/m0/s1. The number of aromatic amines is 2. The first-order chi connectivity index (χ1) is 14.7. The fourth-order valence-electron chi connectivity index (χ4n) is 4.62. The van der Waals surface area contributed by atoms with E-state index >= 15 is 0 Å². The fraction of sp³-hybridized carbons (Fsp3) is 0.409. The van der Waals surface area contributed by atoms with Crippen molar-refractivity contribution in [3.8, 4) is 17.2 Å². The van der Waals surface area contributed by atoms with E-state index in [4.69, 9.17) is 26.4 Å². The molecule has 0 radical (unpaired) electrons. The predicted molar refractivity (Wildman–Crippen MR) is 119 cm³/mol. The molecule has 1 aliphatic heterocycles. The molecule has 1 aliphatic carbocycles. The molecule has 164 valence electrons. The number of ketones is 1. The molecule has 0 fully saturated rings. The highest BCUT2D eigenvalue weighted by Gasteiger charge is 2.45. The second kappa shape index (κ2) is 7.56. The van der Waals surface area contributed by atoms with E-state index in [0.717, 1.165) is 5.70 Å². The van der Waals surface area contributed by atoms with Crippen molar-refractivity contribution >= 4 is 23.8 Å². The van der Waals surface area contributed by atoms with Crippen LogP contribution in [0.4, 0.5) is 5.82 Å². The fourth-order valence-corrected chi connectivity index (χ4v) is 4.81. The van der Waals surface area contributed by atoms with Crippen LogP contribution in [-0.2, 0) is 4.79 Å². The zero-order valence-corrected chi connectivity index (χ0v) is 18.9. The Bertz CT molecular complexity index is 1190. The molecule has 1 aromatic heterocycles. The minimum absolute atomic E-state index is 0.0567. The lowest BCUT2D eigenvalue weighted by Crippen LogP contribution is -2.41. The quantitative estimate of drug-likeness (QED) is 0.621. The van der Waals surface area contributed by atoms with E-state index in [2.05, 4.69) is 21.4 Å². The van der Waals surface area contributed by atoms with E-state index in [1.165, 1.54) is 21.3 Å². The van der Waals surface area contributed by atoms with Crippen molar-refractivity contribution in [2.24, 2.45) is 11.3 Å². The number of allylic oxidation sites excluding steroid dienone is 2. The van der Waals surface area contributed by atoms with Gasteiger partial charge in [-0.1, -0.05) is 19.9 Å². The average molecular weight is 444 g/mol. The Labute approximate surface area is 184 Å². The second-order valence-corrected chi connectivity index (χ2v) is 8.88. The summed E-state index contributed by atoms with van der Waals surface area (Å²) < 4.78 is 16.7. The highest BCUT2D eigenvalue weighted by Crippen LogP contribution is 2.50.